The lowest BCUT2D eigenvalue weighted by atomic mass is 10.1. The zero-order chi connectivity index (χ0) is 17.6. The lowest BCUT2D eigenvalue weighted by Crippen LogP contribution is -2.50. The maximum Gasteiger partial charge on any atom is 0.253 e. The molecule has 5 heteroatoms. The van der Waals surface area contributed by atoms with Crippen LogP contribution < -0.4 is 0 Å². The van der Waals surface area contributed by atoms with Gasteiger partial charge in [-0.15, -0.1) is 0 Å². The van der Waals surface area contributed by atoms with Crippen LogP contribution in [0.5, 0.6) is 0 Å². The zero-order valence-corrected chi connectivity index (χ0v) is 14.6. The molecule has 5 nitrogen and oxygen atoms in total. The first-order valence-corrected chi connectivity index (χ1v) is 8.85. The molecule has 2 heterocycles. The second-order valence-electron chi connectivity index (χ2n) is 6.30. The molecule has 0 radical (unpaired) electrons. The van der Waals surface area contributed by atoms with Gasteiger partial charge in [0.05, 0.1) is 6.26 Å². The minimum absolute atomic E-state index is 0.0466. The Hall–Kier alpha value is -2.56. The Bertz CT molecular complexity index is 699. The summed E-state index contributed by atoms with van der Waals surface area (Å²) in [6, 6.07) is 11.5. The molecule has 0 spiro atoms. The van der Waals surface area contributed by atoms with E-state index in [0.717, 1.165) is 17.7 Å². The van der Waals surface area contributed by atoms with Gasteiger partial charge in [-0.1, -0.05) is 19.1 Å². The third-order valence-corrected chi connectivity index (χ3v) is 4.69. The van der Waals surface area contributed by atoms with Gasteiger partial charge in [-0.3, -0.25) is 9.59 Å². The Morgan fingerprint density at radius 2 is 1.68 bits per heavy atom. The van der Waals surface area contributed by atoms with Crippen molar-refractivity contribution < 1.29 is 14.0 Å². The first-order chi connectivity index (χ1) is 12.2. The van der Waals surface area contributed by atoms with Crippen molar-refractivity contribution in [2.24, 2.45) is 0 Å². The number of amides is 2. The monoisotopic (exact) mass is 340 g/mol. The largest absolute Gasteiger partial charge is 0.469 e. The molecule has 1 aromatic heterocycles. The summed E-state index contributed by atoms with van der Waals surface area (Å²) in [6.07, 6.45) is 3.65. The van der Waals surface area contributed by atoms with Crippen LogP contribution in [0.2, 0.25) is 0 Å². The van der Waals surface area contributed by atoms with Crippen LogP contribution in [0.1, 0.15) is 35.0 Å². The Kier molecular flexibility index (Phi) is 5.53. The number of hydrogen-bond donors (Lipinski definition) is 0. The van der Waals surface area contributed by atoms with Gasteiger partial charge in [-0.25, -0.2) is 0 Å². The number of hydrogen-bond acceptors (Lipinski definition) is 3. The molecule has 25 heavy (non-hydrogen) atoms. The standard InChI is InChI=1S/C20H24N2O3/c1-2-16-5-7-17(8-6-16)20(24)22-13-11-21(12-14-22)19(23)10-9-18-4-3-15-25-18/h3-8,15H,2,9-14H2,1H3. The molecule has 1 aromatic carbocycles. The van der Waals surface area contributed by atoms with Crippen LogP contribution in [0, 0.1) is 0 Å². The number of carbonyl (C=O) groups excluding carboxylic acids is 2. The smallest absolute Gasteiger partial charge is 0.253 e. The highest BCUT2D eigenvalue weighted by Crippen LogP contribution is 2.12. The normalized spacial score (nSPS) is 14.6. The quantitative estimate of drug-likeness (QED) is 0.841. The molecule has 0 atom stereocenters. The van der Waals surface area contributed by atoms with Gasteiger partial charge in [-0.2, -0.15) is 0 Å². The van der Waals surface area contributed by atoms with Crippen molar-refractivity contribution in [1.82, 2.24) is 9.80 Å². The van der Waals surface area contributed by atoms with Crippen LogP contribution in [0.15, 0.2) is 47.1 Å². The third-order valence-electron chi connectivity index (χ3n) is 4.69. The Morgan fingerprint density at radius 3 is 2.28 bits per heavy atom. The van der Waals surface area contributed by atoms with Crippen molar-refractivity contribution in [1.29, 1.82) is 0 Å². The van der Waals surface area contributed by atoms with E-state index in [9.17, 15) is 9.59 Å². The van der Waals surface area contributed by atoms with E-state index in [4.69, 9.17) is 4.42 Å². The third kappa shape index (κ3) is 4.29. The van der Waals surface area contributed by atoms with Crippen molar-refractivity contribution in [3.63, 3.8) is 0 Å². The lowest BCUT2D eigenvalue weighted by Gasteiger charge is -2.35. The van der Waals surface area contributed by atoms with E-state index in [1.54, 1.807) is 6.26 Å². The van der Waals surface area contributed by atoms with Gasteiger partial charge < -0.3 is 14.2 Å². The molecule has 0 aliphatic carbocycles. The van der Waals surface area contributed by atoms with Crippen LogP contribution in [0.25, 0.3) is 0 Å². The maximum atomic E-state index is 12.6. The Morgan fingerprint density at radius 1 is 1.00 bits per heavy atom. The zero-order valence-electron chi connectivity index (χ0n) is 14.6. The summed E-state index contributed by atoms with van der Waals surface area (Å²) in [5, 5.41) is 0. The molecule has 0 saturated carbocycles. The average molecular weight is 340 g/mol. The van der Waals surface area contributed by atoms with Crippen LogP contribution >= 0.6 is 0 Å². The molecule has 0 unspecified atom stereocenters. The van der Waals surface area contributed by atoms with Gasteiger partial charge in [0.1, 0.15) is 5.76 Å². The van der Waals surface area contributed by atoms with Crippen LogP contribution in [0.3, 0.4) is 0 Å². The topological polar surface area (TPSA) is 53.8 Å². The van der Waals surface area contributed by atoms with Crippen molar-refractivity contribution in [3.05, 3.63) is 59.5 Å². The lowest BCUT2D eigenvalue weighted by molar-refractivity contribution is -0.132. The van der Waals surface area contributed by atoms with Gasteiger partial charge in [0.25, 0.3) is 5.91 Å². The van der Waals surface area contributed by atoms with Crippen LogP contribution in [-0.4, -0.2) is 47.8 Å². The summed E-state index contributed by atoms with van der Waals surface area (Å²) in [6.45, 7) is 4.45. The van der Waals surface area contributed by atoms with E-state index in [1.165, 1.54) is 5.56 Å². The maximum absolute atomic E-state index is 12.6. The van der Waals surface area contributed by atoms with Gasteiger partial charge in [0, 0.05) is 44.6 Å². The predicted octanol–water partition coefficient (Wildman–Crippen LogP) is 2.76. The van der Waals surface area contributed by atoms with Crippen molar-refractivity contribution >= 4 is 11.8 Å². The molecule has 2 amide bonds. The number of benzene rings is 1. The highest BCUT2D eigenvalue weighted by molar-refractivity contribution is 5.94. The van der Waals surface area contributed by atoms with E-state index in [1.807, 2.05) is 46.2 Å². The van der Waals surface area contributed by atoms with Crippen LogP contribution in [-0.2, 0) is 17.6 Å². The summed E-state index contributed by atoms with van der Waals surface area (Å²) in [4.78, 5) is 28.5. The van der Waals surface area contributed by atoms with Gasteiger partial charge in [0.15, 0.2) is 0 Å². The highest BCUT2D eigenvalue weighted by atomic mass is 16.3. The molecule has 0 bridgehead atoms. The average Bonchev–Trinajstić information content (AvgIpc) is 3.19. The minimum Gasteiger partial charge on any atom is -0.469 e. The molecule has 132 valence electrons. The number of rotatable bonds is 5. The van der Waals surface area contributed by atoms with E-state index < -0.39 is 0 Å². The molecule has 1 fully saturated rings. The molecule has 3 rings (SSSR count). The predicted molar refractivity (Wildman–Crippen MR) is 95.3 cm³/mol. The molecule has 1 aliphatic heterocycles. The number of nitrogens with zero attached hydrogens (tertiary/aromatic N) is 2. The number of carbonyl (C=O) groups is 2. The fourth-order valence-corrected chi connectivity index (χ4v) is 3.07. The van der Waals surface area contributed by atoms with E-state index in [-0.39, 0.29) is 11.8 Å². The molecule has 1 saturated heterocycles. The number of aryl methyl sites for hydroxylation is 2. The van der Waals surface area contributed by atoms with Gasteiger partial charge in [0.2, 0.25) is 5.91 Å². The van der Waals surface area contributed by atoms with E-state index >= 15 is 0 Å². The second kappa shape index (κ2) is 8.01. The first kappa shape index (κ1) is 17.3. The van der Waals surface area contributed by atoms with Crippen molar-refractivity contribution in [2.45, 2.75) is 26.2 Å². The number of furan rings is 1. The summed E-state index contributed by atoms with van der Waals surface area (Å²) in [5.41, 5.74) is 1.94. The molecule has 0 N–H and O–H groups in total. The summed E-state index contributed by atoms with van der Waals surface area (Å²) >= 11 is 0. The Labute approximate surface area is 148 Å². The summed E-state index contributed by atoms with van der Waals surface area (Å²) in [5.74, 6) is 0.999. The fraction of sp³-hybridized carbons (Fsp3) is 0.400. The van der Waals surface area contributed by atoms with Crippen LogP contribution in [0.4, 0.5) is 0 Å². The number of piperazine rings is 1. The fourth-order valence-electron chi connectivity index (χ4n) is 3.07. The minimum atomic E-state index is 0.0466. The highest BCUT2D eigenvalue weighted by Gasteiger charge is 2.24. The Balaban J connectivity index is 1.48. The molecule has 1 aliphatic rings. The molecular formula is C20H24N2O3. The van der Waals surface area contributed by atoms with E-state index in [2.05, 4.69) is 6.92 Å². The van der Waals surface area contributed by atoms with Gasteiger partial charge >= 0.3 is 0 Å². The SMILES string of the molecule is CCc1ccc(C(=O)N2CCN(C(=O)CCc3ccco3)CC2)cc1. The molecule has 2 aromatic rings. The van der Waals surface area contributed by atoms with Crippen molar-refractivity contribution in [3.8, 4) is 0 Å². The van der Waals surface area contributed by atoms with Crippen molar-refractivity contribution in [2.75, 3.05) is 26.2 Å². The second-order valence-corrected chi connectivity index (χ2v) is 6.30. The van der Waals surface area contributed by atoms with Gasteiger partial charge in [-0.05, 0) is 36.2 Å². The summed E-state index contributed by atoms with van der Waals surface area (Å²) < 4.78 is 5.26. The first-order valence-electron chi connectivity index (χ1n) is 8.85. The summed E-state index contributed by atoms with van der Waals surface area (Å²) in [7, 11) is 0. The van der Waals surface area contributed by atoms with E-state index in [0.29, 0.717) is 39.0 Å². The molecular weight excluding hydrogens is 316 g/mol.